The molecule has 27 heavy (non-hydrogen) atoms. The summed E-state index contributed by atoms with van der Waals surface area (Å²) in [5.41, 5.74) is 3.26. The molecule has 1 aliphatic heterocycles. The van der Waals surface area contributed by atoms with E-state index in [0.717, 1.165) is 31.5 Å². The first-order valence-electron chi connectivity index (χ1n) is 9.87. The number of benzene rings is 1. The van der Waals surface area contributed by atoms with Gasteiger partial charge in [-0.3, -0.25) is 4.79 Å². The van der Waals surface area contributed by atoms with Crippen LogP contribution in [0.2, 0.25) is 0 Å². The maximum absolute atomic E-state index is 13.2. The molecule has 0 radical (unpaired) electrons. The van der Waals surface area contributed by atoms with Gasteiger partial charge in [-0.25, -0.2) is 0 Å². The Morgan fingerprint density at radius 1 is 0.889 bits per heavy atom. The van der Waals surface area contributed by atoms with E-state index in [2.05, 4.69) is 69.9 Å². The molecule has 0 unspecified atom stereocenters. The van der Waals surface area contributed by atoms with Gasteiger partial charge in [0.05, 0.1) is 18.4 Å². The molecule has 5 nitrogen and oxygen atoms in total. The molecule has 1 amide bonds. The van der Waals surface area contributed by atoms with Crippen molar-refractivity contribution in [3.05, 3.63) is 47.3 Å². The van der Waals surface area contributed by atoms with Gasteiger partial charge in [0.2, 0.25) is 0 Å². The van der Waals surface area contributed by atoms with Crippen molar-refractivity contribution in [2.24, 2.45) is 0 Å². The lowest BCUT2D eigenvalue weighted by molar-refractivity contribution is 0.0683. The lowest BCUT2D eigenvalue weighted by Gasteiger charge is -2.32. The van der Waals surface area contributed by atoms with Crippen LogP contribution in [0.4, 0.5) is 0 Å². The Morgan fingerprint density at radius 3 is 1.81 bits per heavy atom. The molecule has 2 aromatic rings. The van der Waals surface area contributed by atoms with Crippen molar-refractivity contribution in [1.82, 2.24) is 19.9 Å². The van der Waals surface area contributed by atoms with Crippen LogP contribution in [0, 0.1) is 0 Å². The van der Waals surface area contributed by atoms with E-state index in [4.69, 9.17) is 0 Å². The van der Waals surface area contributed by atoms with Gasteiger partial charge < -0.3 is 4.90 Å². The summed E-state index contributed by atoms with van der Waals surface area (Å²) < 4.78 is 0. The third-order valence-corrected chi connectivity index (χ3v) is 5.43. The van der Waals surface area contributed by atoms with Crippen molar-refractivity contribution in [3.8, 4) is 0 Å². The fourth-order valence-corrected chi connectivity index (χ4v) is 3.51. The lowest BCUT2D eigenvalue weighted by atomic mass is 9.79. The molecular weight excluding hydrogens is 336 g/mol. The second-order valence-corrected chi connectivity index (χ2v) is 9.67. The number of amides is 1. The average molecular weight is 369 g/mol. The van der Waals surface area contributed by atoms with Gasteiger partial charge >= 0.3 is 0 Å². The number of carbonyl (C=O) groups is 1. The van der Waals surface area contributed by atoms with Crippen LogP contribution >= 0.6 is 0 Å². The first-order chi connectivity index (χ1) is 12.6. The second kappa shape index (κ2) is 7.10. The molecule has 146 valence electrons. The zero-order valence-corrected chi connectivity index (χ0v) is 17.5. The van der Waals surface area contributed by atoms with Crippen LogP contribution in [0.3, 0.4) is 0 Å². The van der Waals surface area contributed by atoms with Gasteiger partial charge in [-0.05, 0) is 46.9 Å². The number of nitrogens with zero attached hydrogens (tertiary/aromatic N) is 4. The number of aromatic nitrogens is 3. The fourth-order valence-electron chi connectivity index (χ4n) is 3.51. The Kier molecular flexibility index (Phi) is 5.15. The summed E-state index contributed by atoms with van der Waals surface area (Å²) in [5, 5.41) is 8.49. The minimum Gasteiger partial charge on any atom is -0.338 e. The molecular formula is C22H32N4O. The normalized spacial score (nSPS) is 16.6. The van der Waals surface area contributed by atoms with E-state index in [9.17, 15) is 4.79 Å². The molecule has 5 heteroatoms. The Bertz CT molecular complexity index is 756. The lowest BCUT2D eigenvalue weighted by Crippen LogP contribution is -2.39. The van der Waals surface area contributed by atoms with Gasteiger partial charge in [-0.15, -0.1) is 0 Å². The highest BCUT2D eigenvalue weighted by molar-refractivity contribution is 5.94. The van der Waals surface area contributed by atoms with E-state index in [1.807, 2.05) is 4.90 Å². The number of likely N-dealkylation sites (tertiary alicyclic amines) is 1. The van der Waals surface area contributed by atoms with Crippen molar-refractivity contribution in [2.45, 2.75) is 71.3 Å². The van der Waals surface area contributed by atoms with Gasteiger partial charge in [-0.2, -0.15) is 15.0 Å². The van der Waals surface area contributed by atoms with Crippen LogP contribution in [0.1, 0.15) is 81.9 Å². The number of piperidine rings is 1. The van der Waals surface area contributed by atoms with Crippen LogP contribution in [0.5, 0.6) is 0 Å². The summed E-state index contributed by atoms with van der Waals surface area (Å²) in [6.07, 6.45) is 5.21. The minimum atomic E-state index is 0.00897. The molecule has 0 aliphatic carbocycles. The molecule has 1 saturated heterocycles. The smallest absolute Gasteiger partial charge is 0.253 e. The van der Waals surface area contributed by atoms with Crippen molar-refractivity contribution in [2.75, 3.05) is 13.1 Å². The summed E-state index contributed by atoms with van der Waals surface area (Å²) in [6, 6.07) is 6.71. The number of carbonyl (C=O) groups excluding carboxylic acids is 1. The van der Waals surface area contributed by atoms with E-state index in [1.165, 1.54) is 11.1 Å². The first kappa shape index (κ1) is 19.6. The zero-order chi connectivity index (χ0) is 19.8. The largest absolute Gasteiger partial charge is 0.338 e. The molecule has 1 aromatic carbocycles. The highest BCUT2D eigenvalue weighted by Gasteiger charge is 2.28. The van der Waals surface area contributed by atoms with Crippen LogP contribution < -0.4 is 0 Å². The van der Waals surface area contributed by atoms with Crippen molar-refractivity contribution < 1.29 is 4.79 Å². The van der Waals surface area contributed by atoms with Crippen molar-refractivity contribution in [1.29, 1.82) is 0 Å². The summed E-state index contributed by atoms with van der Waals surface area (Å²) in [6.45, 7) is 14.7. The molecule has 0 spiro atoms. The summed E-state index contributed by atoms with van der Waals surface area (Å²) in [5.74, 6) is 0.137. The quantitative estimate of drug-likeness (QED) is 0.792. The maximum Gasteiger partial charge on any atom is 0.253 e. The Balaban J connectivity index is 1.82. The minimum absolute atomic E-state index is 0.00897. The third-order valence-electron chi connectivity index (χ3n) is 5.43. The van der Waals surface area contributed by atoms with E-state index in [-0.39, 0.29) is 22.8 Å². The van der Waals surface area contributed by atoms with Crippen LogP contribution in [0.25, 0.3) is 0 Å². The maximum atomic E-state index is 13.2. The monoisotopic (exact) mass is 368 g/mol. The summed E-state index contributed by atoms with van der Waals surface area (Å²) >= 11 is 0. The Labute approximate surface area is 162 Å². The van der Waals surface area contributed by atoms with Gasteiger partial charge in [0.25, 0.3) is 5.91 Å². The third kappa shape index (κ3) is 4.40. The molecule has 3 rings (SSSR count). The SMILES string of the molecule is CC(C)(C)c1cc(C(=O)N2CCC(n3nccn3)CC2)cc(C(C)(C)C)c1. The van der Waals surface area contributed by atoms with E-state index < -0.39 is 0 Å². The fraction of sp³-hybridized carbons (Fsp3) is 0.591. The van der Waals surface area contributed by atoms with E-state index in [1.54, 1.807) is 17.2 Å². The second-order valence-electron chi connectivity index (χ2n) is 9.67. The zero-order valence-electron chi connectivity index (χ0n) is 17.5. The Morgan fingerprint density at radius 2 is 1.37 bits per heavy atom. The topological polar surface area (TPSA) is 51.0 Å². The highest BCUT2D eigenvalue weighted by Crippen LogP contribution is 2.31. The molecule has 0 atom stereocenters. The molecule has 0 saturated carbocycles. The summed E-state index contributed by atoms with van der Waals surface area (Å²) in [4.78, 5) is 17.0. The molecule has 1 aliphatic rings. The van der Waals surface area contributed by atoms with Crippen LogP contribution in [-0.4, -0.2) is 38.9 Å². The average Bonchev–Trinajstić information content (AvgIpc) is 3.14. The summed E-state index contributed by atoms with van der Waals surface area (Å²) in [7, 11) is 0. The molecule has 2 heterocycles. The number of hydrogen-bond acceptors (Lipinski definition) is 3. The molecule has 0 N–H and O–H groups in total. The standard InChI is InChI=1S/C22H32N4O/c1-21(2,3)17-13-16(14-18(15-17)22(4,5)6)20(27)25-11-7-19(8-12-25)26-23-9-10-24-26/h9-10,13-15,19H,7-8,11-12H2,1-6H3. The van der Waals surface area contributed by atoms with Gasteiger partial charge in [0, 0.05) is 18.7 Å². The molecule has 1 aromatic heterocycles. The molecule has 0 bridgehead atoms. The van der Waals surface area contributed by atoms with Crippen molar-refractivity contribution >= 4 is 5.91 Å². The predicted molar refractivity (Wildman–Crippen MR) is 108 cm³/mol. The van der Waals surface area contributed by atoms with Gasteiger partial charge in [-0.1, -0.05) is 47.6 Å². The Hall–Kier alpha value is -2.17. The number of rotatable bonds is 2. The first-order valence-corrected chi connectivity index (χ1v) is 9.87. The van der Waals surface area contributed by atoms with Gasteiger partial charge in [0.1, 0.15) is 0 Å². The van der Waals surface area contributed by atoms with Crippen molar-refractivity contribution in [3.63, 3.8) is 0 Å². The predicted octanol–water partition coefficient (Wildman–Crippen LogP) is 4.35. The van der Waals surface area contributed by atoms with Gasteiger partial charge in [0.15, 0.2) is 0 Å². The van der Waals surface area contributed by atoms with Crippen LogP contribution in [0.15, 0.2) is 30.6 Å². The number of hydrogen-bond donors (Lipinski definition) is 0. The van der Waals surface area contributed by atoms with Crippen LogP contribution in [-0.2, 0) is 10.8 Å². The molecule has 1 fully saturated rings. The van der Waals surface area contributed by atoms with E-state index in [0.29, 0.717) is 0 Å². The van der Waals surface area contributed by atoms with E-state index >= 15 is 0 Å². The highest BCUT2D eigenvalue weighted by atomic mass is 16.2.